The summed E-state index contributed by atoms with van der Waals surface area (Å²) >= 11 is 2.54. The standard InChI is InChI=1S/C24H22N6O5S2/c1-12-7-13-5-3-4-6-14(13)8-29(12)9-15-10-36-22-18(21(32)30(22)19(15)23(33)34)27-20(31)17(28-35-2)16-11-37-24(25)26-16/h3-8,11,18,22H,9-10H2,1-2H3,(H3-,25,26,27,31,33,34)/p+1/t18?,22-/m0/s1. The molecule has 2 atom stereocenters. The summed E-state index contributed by atoms with van der Waals surface area (Å²) in [6.45, 7) is 2.29. The Kier molecular flexibility index (Phi) is 6.56. The summed E-state index contributed by atoms with van der Waals surface area (Å²) < 4.78 is 1.98. The van der Waals surface area contributed by atoms with Gasteiger partial charge in [-0.1, -0.05) is 23.4 Å². The summed E-state index contributed by atoms with van der Waals surface area (Å²) in [6.07, 6.45) is 1.98. The number of pyridine rings is 1. The number of thiazole rings is 1. The van der Waals surface area contributed by atoms with Gasteiger partial charge >= 0.3 is 5.97 Å². The first-order chi connectivity index (χ1) is 17.8. The van der Waals surface area contributed by atoms with E-state index in [9.17, 15) is 19.5 Å². The van der Waals surface area contributed by atoms with E-state index in [1.807, 2.05) is 48.0 Å². The van der Waals surface area contributed by atoms with Crippen molar-refractivity contribution in [3.05, 3.63) is 64.6 Å². The summed E-state index contributed by atoms with van der Waals surface area (Å²) in [5, 5.41) is 19.8. The van der Waals surface area contributed by atoms with Gasteiger partial charge in [-0.2, -0.15) is 4.57 Å². The van der Waals surface area contributed by atoms with Crippen LogP contribution < -0.4 is 15.6 Å². The lowest BCUT2D eigenvalue weighted by Crippen LogP contribution is -2.71. The molecule has 0 spiro atoms. The van der Waals surface area contributed by atoms with Gasteiger partial charge in [-0.25, -0.2) is 9.78 Å². The zero-order valence-electron chi connectivity index (χ0n) is 19.9. The number of nitrogens with two attached hydrogens (primary N) is 1. The van der Waals surface area contributed by atoms with Crippen molar-refractivity contribution in [3.8, 4) is 0 Å². The first-order valence-corrected chi connectivity index (χ1v) is 13.1. The van der Waals surface area contributed by atoms with E-state index in [-0.39, 0.29) is 22.2 Å². The van der Waals surface area contributed by atoms with Crippen LogP contribution >= 0.6 is 23.1 Å². The van der Waals surface area contributed by atoms with Gasteiger partial charge in [0.15, 0.2) is 29.3 Å². The van der Waals surface area contributed by atoms with E-state index in [1.54, 1.807) is 5.38 Å². The molecule has 4 N–H and O–H groups in total. The maximum atomic E-state index is 13.1. The van der Waals surface area contributed by atoms with Crippen LogP contribution in [0.25, 0.3) is 10.8 Å². The average Bonchev–Trinajstić information content (AvgIpc) is 3.31. The number of nitrogens with one attached hydrogen (secondary N) is 1. The third kappa shape index (κ3) is 4.51. The lowest BCUT2D eigenvalue weighted by molar-refractivity contribution is -0.693. The quantitative estimate of drug-likeness (QED) is 0.176. The topological polar surface area (TPSA) is 151 Å². The normalized spacial score (nSPS) is 19.5. The third-order valence-corrected chi connectivity index (χ3v) is 8.18. The largest absolute Gasteiger partial charge is 0.477 e. The summed E-state index contributed by atoms with van der Waals surface area (Å²) in [4.78, 5) is 48.4. The molecule has 5 rings (SSSR count). The van der Waals surface area contributed by atoms with Crippen LogP contribution in [0, 0.1) is 6.92 Å². The highest BCUT2D eigenvalue weighted by molar-refractivity contribution is 8.00. The molecule has 13 heteroatoms. The molecule has 2 aromatic heterocycles. The molecule has 0 saturated carbocycles. The first-order valence-electron chi connectivity index (χ1n) is 11.2. The monoisotopic (exact) mass is 539 g/mol. The Bertz CT molecular complexity index is 1500. The molecular weight excluding hydrogens is 516 g/mol. The molecule has 1 saturated heterocycles. The Labute approximate surface area is 219 Å². The minimum atomic E-state index is -1.18. The van der Waals surface area contributed by atoms with Crippen LogP contribution in [-0.4, -0.2) is 62.8 Å². The highest BCUT2D eigenvalue weighted by Gasteiger charge is 2.54. The van der Waals surface area contributed by atoms with Crippen LogP contribution in [0.3, 0.4) is 0 Å². The first kappa shape index (κ1) is 24.7. The van der Waals surface area contributed by atoms with Crippen LogP contribution in [0.15, 0.2) is 58.3 Å². The number of carboxylic acid groups (broad SMARTS) is 1. The number of hydrogen-bond acceptors (Lipinski definition) is 9. The van der Waals surface area contributed by atoms with Gasteiger partial charge in [0.05, 0.1) is 0 Å². The lowest BCUT2D eigenvalue weighted by atomic mass is 10.0. The molecule has 0 radical (unpaired) electrons. The molecule has 1 aromatic carbocycles. The second-order valence-corrected chi connectivity index (χ2v) is 10.5. The van der Waals surface area contributed by atoms with E-state index in [2.05, 4.69) is 15.5 Å². The molecule has 1 unspecified atom stereocenters. The van der Waals surface area contributed by atoms with Gasteiger partial charge in [-0.15, -0.1) is 23.1 Å². The second-order valence-electron chi connectivity index (χ2n) is 8.48. The summed E-state index contributed by atoms with van der Waals surface area (Å²) in [5.41, 5.74) is 7.30. The van der Waals surface area contributed by atoms with Gasteiger partial charge in [0, 0.05) is 35.1 Å². The minimum absolute atomic E-state index is 0.0441. The number of hydrogen-bond donors (Lipinski definition) is 3. The number of aromatic nitrogens is 2. The van der Waals surface area contributed by atoms with Gasteiger partial charge in [0.25, 0.3) is 11.8 Å². The van der Waals surface area contributed by atoms with Gasteiger partial charge in [-0.05, 0) is 11.5 Å². The summed E-state index contributed by atoms with van der Waals surface area (Å²) in [5.74, 6) is -1.96. The predicted molar refractivity (Wildman–Crippen MR) is 139 cm³/mol. The number of oxime groups is 1. The van der Waals surface area contributed by atoms with E-state index >= 15 is 0 Å². The number of β-lactam (4-membered cyclic amide) rings is 1. The number of carbonyl (C=O) groups excluding carboxylic acids is 2. The Balaban J connectivity index is 1.38. The number of aryl methyl sites for hydroxylation is 1. The highest BCUT2D eigenvalue weighted by Crippen LogP contribution is 2.40. The van der Waals surface area contributed by atoms with Crippen LogP contribution in [0.2, 0.25) is 0 Å². The van der Waals surface area contributed by atoms with E-state index in [1.165, 1.54) is 23.8 Å². The predicted octanol–water partition coefficient (Wildman–Crippen LogP) is 1.26. The van der Waals surface area contributed by atoms with Crippen LogP contribution in [0.4, 0.5) is 5.13 Å². The summed E-state index contributed by atoms with van der Waals surface area (Å²) in [7, 11) is 1.29. The number of thioether (sulfide) groups is 1. The molecule has 0 aliphatic carbocycles. The zero-order chi connectivity index (χ0) is 26.3. The third-order valence-electron chi connectivity index (χ3n) is 6.17. The van der Waals surface area contributed by atoms with E-state index < -0.39 is 29.2 Å². The lowest BCUT2D eigenvalue weighted by Gasteiger charge is -2.49. The number of benzene rings is 1. The van der Waals surface area contributed by atoms with E-state index in [0.29, 0.717) is 17.9 Å². The molecule has 11 nitrogen and oxygen atoms in total. The number of rotatable bonds is 7. The number of nitrogen functional groups attached to an aromatic ring is 1. The number of carbonyl (C=O) groups is 3. The van der Waals surface area contributed by atoms with E-state index in [4.69, 9.17) is 10.6 Å². The molecule has 0 bridgehead atoms. The zero-order valence-corrected chi connectivity index (χ0v) is 21.5. The van der Waals surface area contributed by atoms with Crippen molar-refractivity contribution >= 4 is 62.5 Å². The van der Waals surface area contributed by atoms with Crippen LogP contribution in [-0.2, 0) is 25.8 Å². The second kappa shape index (κ2) is 9.82. The van der Waals surface area contributed by atoms with Gasteiger partial charge in [-0.3, -0.25) is 14.5 Å². The molecule has 4 heterocycles. The fraction of sp³-hybridized carbons (Fsp3) is 0.250. The number of carboxylic acids is 1. The van der Waals surface area contributed by atoms with E-state index in [0.717, 1.165) is 27.8 Å². The van der Waals surface area contributed by atoms with Crippen molar-refractivity contribution in [2.24, 2.45) is 5.16 Å². The Morgan fingerprint density at radius 3 is 2.78 bits per heavy atom. The molecule has 2 aliphatic heterocycles. The molecular formula is C24H23N6O5S2+. The van der Waals surface area contributed by atoms with Gasteiger partial charge in [0.2, 0.25) is 0 Å². The SMILES string of the molecule is CON=C(C(=O)NC1C(=O)N2C(C(=O)O)=C(C[n+]3cc4ccccc4cc3C)CS[C@@H]12)c1csc(N)n1. The Hall–Kier alpha value is -3.97. The van der Waals surface area contributed by atoms with Crippen LogP contribution in [0.5, 0.6) is 0 Å². The minimum Gasteiger partial charge on any atom is -0.477 e. The van der Waals surface area contributed by atoms with Crippen molar-refractivity contribution in [1.82, 2.24) is 15.2 Å². The fourth-order valence-corrected chi connectivity index (χ4v) is 6.30. The van der Waals surface area contributed by atoms with Crippen LogP contribution in [0.1, 0.15) is 11.4 Å². The number of aliphatic carboxylic acids is 1. The number of fused-ring (bicyclic) bond motifs is 2. The maximum absolute atomic E-state index is 13.1. The van der Waals surface area contributed by atoms with Crippen molar-refractivity contribution in [2.75, 3.05) is 18.6 Å². The number of nitrogens with zero attached hydrogens (tertiary/aromatic N) is 4. The number of amides is 2. The molecule has 1 fully saturated rings. The Morgan fingerprint density at radius 2 is 2.11 bits per heavy atom. The van der Waals surface area contributed by atoms with Crippen molar-refractivity contribution in [3.63, 3.8) is 0 Å². The van der Waals surface area contributed by atoms with Crippen molar-refractivity contribution in [2.45, 2.75) is 24.9 Å². The number of anilines is 1. The van der Waals surface area contributed by atoms with Crippen molar-refractivity contribution < 1.29 is 28.9 Å². The molecule has 190 valence electrons. The summed E-state index contributed by atoms with van der Waals surface area (Å²) in [6, 6.07) is 9.07. The Morgan fingerprint density at radius 1 is 1.35 bits per heavy atom. The van der Waals surface area contributed by atoms with Gasteiger partial charge < -0.3 is 21.0 Å². The molecule has 37 heavy (non-hydrogen) atoms. The fourth-order valence-electron chi connectivity index (χ4n) is 4.42. The maximum Gasteiger partial charge on any atom is 0.352 e. The van der Waals surface area contributed by atoms with Gasteiger partial charge in [0.1, 0.15) is 29.9 Å². The highest BCUT2D eigenvalue weighted by atomic mass is 32.2. The van der Waals surface area contributed by atoms with Crippen molar-refractivity contribution in [1.29, 1.82) is 0 Å². The average molecular weight is 540 g/mol. The molecule has 2 aliphatic rings. The molecule has 2 amide bonds. The molecule has 3 aromatic rings. The smallest absolute Gasteiger partial charge is 0.352 e.